The number of pyridine rings is 1. The molecule has 0 saturated carbocycles. The Hall–Kier alpha value is -3.34. The molecule has 3 aromatic rings. The minimum absolute atomic E-state index is 0.0149. The molecule has 3 heterocycles. The molecule has 1 aliphatic rings. The Morgan fingerprint density at radius 2 is 1.84 bits per heavy atom. The van der Waals surface area contributed by atoms with E-state index < -0.39 is 24.5 Å². The molecule has 1 fully saturated rings. The number of hydrogen-bond acceptors (Lipinski definition) is 4. The third kappa shape index (κ3) is 5.87. The van der Waals surface area contributed by atoms with Gasteiger partial charge in [0.2, 0.25) is 0 Å². The normalized spacial score (nSPS) is 15.9. The van der Waals surface area contributed by atoms with Gasteiger partial charge in [-0.25, -0.2) is 8.78 Å². The summed E-state index contributed by atoms with van der Waals surface area (Å²) in [5.41, 5.74) is 1.67. The van der Waals surface area contributed by atoms with E-state index in [1.165, 1.54) is 6.07 Å². The highest BCUT2D eigenvalue weighted by Crippen LogP contribution is 2.36. The van der Waals surface area contributed by atoms with E-state index in [9.17, 15) is 27.2 Å². The van der Waals surface area contributed by atoms with Crippen LogP contribution in [0.5, 0.6) is 5.75 Å². The number of para-hydroxylation sites is 1. The second kappa shape index (κ2) is 11.6. The van der Waals surface area contributed by atoms with Crippen molar-refractivity contribution in [3.63, 3.8) is 0 Å². The molecule has 11 heteroatoms. The van der Waals surface area contributed by atoms with E-state index in [1.807, 2.05) is 31.2 Å². The molecular formula is C27H32F4N4O3. The van der Waals surface area contributed by atoms with Gasteiger partial charge in [0.1, 0.15) is 5.75 Å². The standard InChI is InChI=1S/C27H32F4N4O3/c1-15-12-22(38-27(30)31)20(25(36)33-15)13-32-26(37)24-17(3)35(21-7-5-4-6-19(21)24)16(2)18-8-10-34(11-9-18)14-23(28)29/h4-7,12,16,18,23,27H,8-11,13-14H2,1-3H3,(H,32,37)(H,33,36). The molecule has 1 amide bonds. The van der Waals surface area contributed by atoms with Crippen molar-refractivity contribution in [2.75, 3.05) is 19.6 Å². The fourth-order valence-corrected chi connectivity index (χ4v) is 5.54. The van der Waals surface area contributed by atoms with Crippen molar-refractivity contribution < 1.29 is 27.1 Å². The van der Waals surface area contributed by atoms with Crippen LogP contribution in [0.2, 0.25) is 0 Å². The predicted octanol–water partition coefficient (Wildman–Crippen LogP) is 5.02. The summed E-state index contributed by atoms with van der Waals surface area (Å²) in [6.45, 7) is 3.03. The average Bonchev–Trinajstić information content (AvgIpc) is 3.14. The number of aromatic nitrogens is 2. The van der Waals surface area contributed by atoms with Gasteiger partial charge in [-0.05, 0) is 58.7 Å². The highest BCUT2D eigenvalue weighted by Gasteiger charge is 2.30. The van der Waals surface area contributed by atoms with Gasteiger partial charge in [0.05, 0.1) is 24.2 Å². The highest BCUT2D eigenvalue weighted by molar-refractivity contribution is 6.08. The molecule has 0 bridgehead atoms. The summed E-state index contributed by atoms with van der Waals surface area (Å²) < 4.78 is 58.0. The van der Waals surface area contributed by atoms with Crippen molar-refractivity contribution >= 4 is 16.8 Å². The number of carbonyl (C=O) groups excluding carboxylic acids is 1. The van der Waals surface area contributed by atoms with Crippen LogP contribution in [0.4, 0.5) is 17.6 Å². The van der Waals surface area contributed by atoms with Gasteiger partial charge in [-0.3, -0.25) is 14.5 Å². The molecule has 1 saturated heterocycles. The highest BCUT2D eigenvalue weighted by atomic mass is 19.3. The van der Waals surface area contributed by atoms with Crippen LogP contribution in [0.15, 0.2) is 35.1 Å². The number of hydrogen-bond donors (Lipinski definition) is 2. The van der Waals surface area contributed by atoms with Gasteiger partial charge < -0.3 is 19.6 Å². The summed E-state index contributed by atoms with van der Waals surface area (Å²) in [6.07, 6.45) is -0.816. The molecule has 0 aliphatic carbocycles. The Morgan fingerprint density at radius 1 is 1.16 bits per heavy atom. The summed E-state index contributed by atoms with van der Waals surface area (Å²) >= 11 is 0. The zero-order chi connectivity index (χ0) is 27.6. The molecule has 0 spiro atoms. The first-order valence-electron chi connectivity index (χ1n) is 12.6. The van der Waals surface area contributed by atoms with Gasteiger partial charge in [0.15, 0.2) is 0 Å². The predicted molar refractivity (Wildman–Crippen MR) is 136 cm³/mol. The number of likely N-dealkylation sites (tertiary alicyclic amines) is 1. The third-order valence-corrected chi connectivity index (χ3v) is 7.37. The van der Waals surface area contributed by atoms with Crippen LogP contribution >= 0.6 is 0 Å². The van der Waals surface area contributed by atoms with Gasteiger partial charge >= 0.3 is 6.61 Å². The Balaban J connectivity index is 1.59. The number of H-pyrrole nitrogens is 1. The molecular weight excluding hydrogens is 504 g/mol. The van der Waals surface area contributed by atoms with Gasteiger partial charge in [-0.15, -0.1) is 0 Å². The quantitative estimate of drug-likeness (QED) is 0.377. The third-order valence-electron chi connectivity index (χ3n) is 7.37. The number of carbonyl (C=O) groups is 1. The van der Waals surface area contributed by atoms with Crippen LogP contribution in [0.3, 0.4) is 0 Å². The van der Waals surface area contributed by atoms with Crippen LogP contribution in [-0.2, 0) is 6.54 Å². The molecule has 2 aromatic heterocycles. The first-order chi connectivity index (χ1) is 18.1. The lowest BCUT2D eigenvalue weighted by molar-refractivity contribution is -0.0506. The summed E-state index contributed by atoms with van der Waals surface area (Å²) in [7, 11) is 0. The number of halogens is 4. The van der Waals surface area contributed by atoms with Gasteiger partial charge in [-0.1, -0.05) is 18.2 Å². The van der Waals surface area contributed by atoms with Crippen LogP contribution in [-0.4, -0.2) is 53.0 Å². The molecule has 1 unspecified atom stereocenters. The summed E-state index contributed by atoms with van der Waals surface area (Å²) in [6, 6.07) is 8.80. The molecule has 38 heavy (non-hydrogen) atoms. The Kier molecular flexibility index (Phi) is 8.44. The Bertz CT molecular complexity index is 1350. The topological polar surface area (TPSA) is 79.4 Å². The molecule has 1 aromatic carbocycles. The number of ether oxygens (including phenoxy) is 1. The molecule has 206 valence electrons. The van der Waals surface area contributed by atoms with Crippen molar-refractivity contribution in [3.05, 3.63) is 63.2 Å². The van der Waals surface area contributed by atoms with Gasteiger partial charge in [0, 0.05) is 34.4 Å². The Morgan fingerprint density at radius 3 is 2.50 bits per heavy atom. The van der Waals surface area contributed by atoms with E-state index in [4.69, 9.17) is 0 Å². The first kappa shape index (κ1) is 27.7. The maximum absolute atomic E-state index is 13.4. The maximum Gasteiger partial charge on any atom is 0.387 e. The van der Waals surface area contributed by atoms with Crippen LogP contribution < -0.4 is 15.6 Å². The largest absolute Gasteiger partial charge is 0.434 e. The van der Waals surface area contributed by atoms with Gasteiger partial charge in [0.25, 0.3) is 17.9 Å². The first-order valence-corrected chi connectivity index (χ1v) is 12.6. The molecule has 1 aliphatic heterocycles. The van der Waals surface area contributed by atoms with E-state index in [2.05, 4.69) is 26.5 Å². The van der Waals surface area contributed by atoms with Crippen molar-refractivity contribution in [1.82, 2.24) is 19.8 Å². The summed E-state index contributed by atoms with van der Waals surface area (Å²) in [5.74, 6) is -0.485. The molecule has 2 N–H and O–H groups in total. The number of aryl methyl sites for hydroxylation is 1. The number of benzene rings is 1. The number of fused-ring (bicyclic) bond motifs is 1. The average molecular weight is 537 g/mol. The van der Waals surface area contributed by atoms with Crippen molar-refractivity contribution in [1.29, 1.82) is 0 Å². The molecule has 1 atom stereocenters. The van der Waals surface area contributed by atoms with Gasteiger partial charge in [-0.2, -0.15) is 8.78 Å². The minimum Gasteiger partial charge on any atom is -0.434 e. The number of alkyl halides is 4. The fourth-order valence-electron chi connectivity index (χ4n) is 5.54. The van der Waals surface area contributed by atoms with E-state index in [0.29, 0.717) is 24.3 Å². The lowest BCUT2D eigenvalue weighted by Gasteiger charge is -2.36. The number of amides is 1. The monoisotopic (exact) mass is 536 g/mol. The van der Waals surface area contributed by atoms with E-state index in [0.717, 1.165) is 29.4 Å². The number of rotatable bonds is 9. The van der Waals surface area contributed by atoms with Crippen LogP contribution in [0, 0.1) is 19.8 Å². The summed E-state index contributed by atoms with van der Waals surface area (Å²) in [5, 5.41) is 3.43. The SMILES string of the molecule is Cc1cc(OC(F)F)c(CNC(=O)c2c(C)n(C(C)C3CCN(CC(F)F)CC3)c3ccccc23)c(=O)[nH]1. The number of nitrogens with one attached hydrogen (secondary N) is 2. The second-order valence-corrected chi connectivity index (χ2v) is 9.80. The molecule has 0 radical (unpaired) electrons. The Labute approximate surface area is 217 Å². The second-order valence-electron chi connectivity index (χ2n) is 9.80. The molecule has 7 nitrogen and oxygen atoms in total. The van der Waals surface area contributed by atoms with Crippen LogP contribution in [0.1, 0.15) is 53.1 Å². The van der Waals surface area contributed by atoms with Crippen molar-refractivity contribution in [3.8, 4) is 5.75 Å². The molecule has 4 rings (SSSR count). The lowest BCUT2D eigenvalue weighted by Crippen LogP contribution is -2.38. The number of piperidine rings is 1. The summed E-state index contributed by atoms with van der Waals surface area (Å²) in [4.78, 5) is 30.2. The van der Waals surface area contributed by atoms with E-state index >= 15 is 0 Å². The number of aromatic amines is 1. The van der Waals surface area contributed by atoms with E-state index in [-0.39, 0.29) is 36.4 Å². The van der Waals surface area contributed by atoms with E-state index in [1.54, 1.807) is 11.8 Å². The van der Waals surface area contributed by atoms with Crippen LogP contribution in [0.25, 0.3) is 10.9 Å². The minimum atomic E-state index is -3.12. The zero-order valence-electron chi connectivity index (χ0n) is 21.6. The lowest BCUT2D eigenvalue weighted by atomic mass is 9.90. The maximum atomic E-state index is 13.4. The van der Waals surface area contributed by atoms with Crippen molar-refractivity contribution in [2.24, 2.45) is 5.92 Å². The van der Waals surface area contributed by atoms with Crippen molar-refractivity contribution in [2.45, 2.75) is 59.2 Å². The number of nitrogens with zero attached hydrogens (tertiary/aromatic N) is 2. The zero-order valence-corrected chi connectivity index (χ0v) is 21.6. The fraction of sp³-hybridized carbons (Fsp3) is 0.481. The smallest absolute Gasteiger partial charge is 0.387 e.